The van der Waals surface area contributed by atoms with Crippen molar-refractivity contribution in [3.05, 3.63) is 36.4 Å². The summed E-state index contributed by atoms with van der Waals surface area (Å²) in [7, 11) is 0.800. The highest BCUT2D eigenvalue weighted by molar-refractivity contribution is 6.50. The highest BCUT2D eigenvalue weighted by atomic mass is 28.2. The van der Waals surface area contributed by atoms with Crippen molar-refractivity contribution in [2.45, 2.75) is 39.5 Å². The van der Waals surface area contributed by atoms with Crippen molar-refractivity contribution in [1.29, 1.82) is 0 Å². The molecule has 18 heavy (non-hydrogen) atoms. The number of rotatable bonds is 9. The predicted octanol–water partition coefficient (Wildman–Crippen LogP) is 3.48. The van der Waals surface area contributed by atoms with Crippen LogP contribution in [-0.4, -0.2) is 27.3 Å². The second-order valence-corrected chi connectivity index (χ2v) is 6.07. The van der Waals surface area contributed by atoms with Crippen molar-refractivity contribution in [1.82, 2.24) is 4.57 Å². The Morgan fingerprint density at radius 2 is 1.83 bits per heavy atom. The number of hydrogen-bond acceptors (Lipinski definition) is 1. The molecule has 0 aliphatic heterocycles. The van der Waals surface area contributed by atoms with Crippen LogP contribution in [0.2, 0.25) is 0 Å². The van der Waals surface area contributed by atoms with Gasteiger partial charge in [0.15, 0.2) is 9.68 Å². The number of unbranched alkanes of at least 4 members (excludes halogenated alkanes) is 2. The molecule has 0 aliphatic carbocycles. The largest absolute Gasteiger partial charge is 0.322 e. The fraction of sp³-hybridized carbons (Fsp3) is 0.500. The van der Waals surface area contributed by atoms with E-state index in [4.69, 9.17) is 0 Å². The minimum Gasteiger partial charge on any atom is -0.322 e. The molecule has 0 saturated heterocycles. The van der Waals surface area contributed by atoms with Gasteiger partial charge in [-0.15, -0.1) is 0 Å². The van der Waals surface area contributed by atoms with Gasteiger partial charge in [0, 0.05) is 0 Å². The second-order valence-electron chi connectivity index (χ2n) is 4.64. The molecule has 0 heterocycles. The summed E-state index contributed by atoms with van der Waals surface area (Å²) in [5, 5.41) is 1.43. The number of nitrogens with zero attached hydrogens (tertiary/aromatic N) is 1. The van der Waals surface area contributed by atoms with Crippen LogP contribution in [0.15, 0.2) is 30.8 Å². The van der Waals surface area contributed by atoms with E-state index in [9.17, 15) is 0 Å². The summed E-state index contributed by atoms with van der Waals surface area (Å²) in [5.41, 5.74) is 1.23. The highest BCUT2D eigenvalue weighted by Crippen LogP contribution is 2.01. The van der Waals surface area contributed by atoms with Crippen molar-refractivity contribution in [2.75, 3.05) is 13.1 Å². The van der Waals surface area contributed by atoms with E-state index in [1.54, 1.807) is 0 Å². The monoisotopic (exact) mass is 259 g/mol. The Morgan fingerprint density at radius 1 is 1.17 bits per heavy atom. The lowest BCUT2D eigenvalue weighted by Gasteiger charge is -2.21. The van der Waals surface area contributed by atoms with E-state index >= 15 is 0 Å². The summed E-state index contributed by atoms with van der Waals surface area (Å²) in [6.07, 6.45) is 7.09. The van der Waals surface area contributed by atoms with E-state index in [0.717, 1.165) is 9.68 Å². The zero-order chi connectivity index (χ0) is 13.2. The van der Waals surface area contributed by atoms with Gasteiger partial charge in [-0.05, 0) is 36.7 Å². The lowest BCUT2D eigenvalue weighted by atomic mass is 10.2. The summed E-state index contributed by atoms with van der Waals surface area (Å²) in [6, 6.07) is 8.74. The summed E-state index contributed by atoms with van der Waals surface area (Å²) >= 11 is 0. The zero-order valence-corrected chi connectivity index (χ0v) is 12.8. The Bertz CT molecular complexity index is 341. The molecule has 1 aromatic rings. The van der Waals surface area contributed by atoms with E-state index in [0.29, 0.717) is 0 Å². The molecule has 2 heteroatoms. The zero-order valence-electron chi connectivity index (χ0n) is 11.8. The average molecular weight is 259 g/mol. The smallest absolute Gasteiger partial charge is 0.182 e. The Balaban J connectivity index is 2.59. The summed E-state index contributed by atoms with van der Waals surface area (Å²) in [6.45, 7) is 10.8. The van der Waals surface area contributed by atoms with Gasteiger partial charge in [-0.25, -0.2) is 0 Å². The molecule has 0 fully saturated rings. The summed E-state index contributed by atoms with van der Waals surface area (Å²) in [5.74, 6) is 0. The van der Waals surface area contributed by atoms with E-state index in [-0.39, 0.29) is 0 Å². The quantitative estimate of drug-likeness (QED) is 0.614. The van der Waals surface area contributed by atoms with Crippen molar-refractivity contribution in [2.24, 2.45) is 0 Å². The van der Waals surface area contributed by atoms with Gasteiger partial charge in [0.1, 0.15) is 0 Å². The van der Waals surface area contributed by atoms with E-state index < -0.39 is 0 Å². The molecule has 0 atom stereocenters. The first kappa shape index (κ1) is 15.2. The lowest BCUT2D eigenvalue weighted by Crippen LogP contribution is -2.37. The van der Waals surface area contributed by atoms with Gasteiger partial charge >= 0.3 is 0 Å². The normalized spacial score (nSPS) is 10.8. The van der Waals surface area contributed by atoms with Crippen molar-refractivity contribution in [3.63, 3.8) is 0 Å². The maximum Gasteiger partial charge on any atom is 0.182 e. The first-order chi connectivity index (χ1) is 8.80. The third kappa shape index (κ3) is 5.65. The first-order valence-corrected chi connectivity index (χ1v) is 7.99. The molecule has 0 spiro atoms. The van der Waals surface area contributed by atoms with Crippen LogP contribution in [0.3, 0.4) is 0 Å². The van der Waals surface area contributed by atoms with Gasteiger partial charge in [0.25, 0.3) is 0 Å². The fourth-order valence-corrected chi connectivity index (χ4v) is 3.15. The molecule has 0 bridgehead atoms. The lowest BCUT2D eigenvalue weighted by molar-refractivity contribution is 0.423. The fourth-order valence-electron chi connectivity index (χ4n) is 1.84. The van der Waals surface area contributed by atoms with Crippen molar-refractivity contribution < 1.29 is 0 Å². The van der Waals surface area contributed by atoms with Crippen molar-refractivity contribution in [3.8, 4) is 0 Å². The first-order valence-electron chi connectivity index (χ1n) is 7.04. The molecular weight excluding hydrogens is 234 g/mol. The third-order valence-electron chi connectivity index (χ3n) is 2.97. The van der Waals surface area contributed by atoms with Crippen LogP contribution in [0, 0.1) is 0 Å². The minimum atomic E-state index is 0.800. The SMILES string of the molecule is C=Cc1cccc([Si]N(CCCC)CCCC)c1. The van der Waals surface area contributed by atoms with Crippen LogP contribution in [0.5, 0.6) is 0 Å². The molecule has 0 aliphatic rings. The molecule has 1 nitrogen and oxygen atoms in total. The molecule has 0 saturated carbocycles. The van der Waals surface area contributed by atoms with Crippen LogP contribution < -0.4 is 5.19 Å². The summed E-state index contributed by atoms with van der Waals surface area (Å²) in [4.78, 5) is 0. The Morgan fingerprint density at radius 3 is 2.39 bits per heavy atom. The maximum atomic E-state index is 3.84. The molecule has 1 rings (SSSR count). The summed E-state index contributed by atoms with van der Waals surface area (Å²) < 4.78 is 2.61. The van der Waals surface area contributed by atoms with Crippen LogP contribution in [0.1, 0.15) is 45.1 Å². The maximum absolute atomic E-state index is 3.84. The highest BCUT2D eigenvalue weighted by Gasteiger charge is 2.07. The molecule has 0 N–H and O–H groups in total. The number of benzene rings is 1. The van der Waals surface area contributed by atoms with Gasteiger partial charge < -0.3 is 4.57 Å². The minimum absolute atomic E-state index is 0.800. The van der Waals surface area contributed by atoms with E-state index in [2.05, 4.69) is 49.3 Å². The predicted molar refractivity (Wildman–Crippen MR) is 83.3 cm³/mol. The Labute approximate surface area is 115 Å². The van der Waals surface area contributed by atoms with Crippen LogP contribution in [-0.2, 0) is 0 Å². The number of hydrogen-bond donors (Lipinski definition) is 0. The molecular formula is C16H25NSi. The molecule has 0 amide bonds. The van der Waals surface area contributed by atoms with E-state index in [1.165, 1.54) is 49.5 Å². The Hall–Kier alpha value is -0.863. The molecule has 98 valence electrons. The van der Waals surface area contributed by atoms with Crippen LogP contribution >= 0.6 is 0 Å². The topological polar surface area (TPSA) is 3.24 Å². The second kappa shape index (κ2) is 9.12. The van der Waals surface area contributed by atoms with Gasteiger partial charge in [-0.3, -0.25) is 0 Å². The van der Waals surface area contributed by atoms with Crippen molar-refractivity contribution >= 4 is 20.9 Å². The molecule has 0 aromatic heterocycles. The molecule has 1 aromatic carbocycles. The van der Waals surface area contributed by atoms with Gasteiger partial charge in [0.05, 0.1) is 0 Å². The van der Waals surface area contributed by atoms with Crippen LogP contribution in [0.4, 0.5) is 0 Å². The Kier molecular flexibility index (Phi) is 7.70. The van der Waals surface area contributed by atoms with Gasteiger partial charge in [-0.1, -0.05) is 63.6 Å². The van der Waals surface area contributed by atoms with E-state index in [1.807, 2.05) is 6.08 Å². The van der Waals surface area contributed by atoms with Gasteiger partial charge in [0.2, 0.25) is 0 Å². The van der Waals surface area contributed by atoms with Crippen LogP contribution in [0.25, 0.3) is 6.08 Å². The molecule has 0 unspecified atom stereocenters. The molecule has 2 radical (unpaired) electrons. The standard InChI is InChI=1S/C16H25NSi/c1-4-7-12-17(13-8-5-2)18-16-11-9-10-15(6-3)14-16/h6,9-11,14H,3-5,7-8,12-13H2,1-2H3. The average Bonchev–Trinajstić information content (AvgIpc) is 2.42. The third-order valence-corrected chi connectivity index (χ3v) is 4.31. The van der Waals surface area contributed by atoms with Gasteiger partial charge in [-0.2, -0.15) is 0 Å².